The topological polar surface area (TPSA) is 68.0 Å². The number of hydrogen-bond acceptors (Lipinski definition) is 3. The SMILES string of the molecule is CCCn1cnc(-c2cc(C(=O)O)ccn2)c1. The summed E-state index contributed by atoms with van der Waals surface area (Å²) in [6.07, 6.45) is 6.11. The van der Waals surface area contributed by atoms with Gasteiger partial charge < -0.3 is 9.67 Å². The standard InChI is InChI=1S/C12H13N3O2/c1-2-5-15-7-11(14-8-15)10-6-9(12(16)17)3-4-13-10/h3-4,6-8H,2,5H2,1H3,(H,16,17). The van der Waals surface area contributed by atoms with E-state index >= 15 is 0 Å². The molecule has 0 aliphatic heterocycles. The first kappa shape index (κ1) is 11.3. The molecule has 1 N–H and O–H groups in total. The molecule has 2 rings (SSSR count). The minimum atomic E-state index is -0.957. The van der Waals surface area contributed by atoms with E-state index in [4.69, 9.17) is 5.11 Å². The molecule has 0 radical (unpaired) electrons. The predicted molar refractivity (Wildman–Crippen MR) is 62.7 cm³/mol. The molecule has 0 saturated heterocycles. The summed E-state index contributed by atoms with van der Waals surface area (Å²) >= 11 is 0. The smallest absolute Gasteiger partial charge is 0.335 e. The van der Waals surface area contributed by atoms with Crippen molar-refractivity contribution < 1.29 is 9.90 Å². The monoisotopic (exact) mass is 231 g/mol. The van der Waals surface area contributed by atoms with Gasteiger partial charge in [0.1, 0.15) is 5.69 Å². The van der Waals surface area contributed by atoms with Crippen molar-refractivity contribution in [2.45, 2.75) is 19.9 Å². The number of hydrogen-bond donors (Lipinski definition) is 1. The lowest BCUT2D eigenvalue weighted by Gasteiger charge is -1.98. The van der Waals surface area contributed by atoms with Crippen molar-refractivity contribution in [2.75, 3.05) is 0 Å². The molecule has 17 heavy (non-hydrogen) atoms. The number of aromatic nitrogens is 3. The Bertz CT molecular complexity index is 534. The highest BCUT2D eigenvalue weighted by atomic mass is 16.4. The molecule has 0 aliphatic carbocycles. The third-order valence-electron chi connectivity index (χ3n) is 2.38. The number of aromatic carboxylic acids is 1. The molecular formula is C12H13N3O2. The number of nitrogens with zero attached hydrogens (tertiary/aromatic N) is 3. The second-order valence-electron chi connectivity index (χ2n) is 3.73. The molecule has 0 bridgehead atoms. The van der Waals surface area contributed by atoms with Crippen molar-refractivity contribution in [1.82, 2.24) is 14.5 Å². The molecule has 5 heteroatoms. The largest absolute Gasteiger partial charge is 0.478 e. The van der Waals surface area contributed by atoms with Gasteiger partial charge in [-0.1, -0.05) is 6.92 Å². The van der Waals surface area contributed by atoms with Gasteiger partial charge in [-0.05, 0) is 18.6 Å². The molecule has 5 nitrogen and oxygen atoms in total. The molecule has 2 aromatic heterocycles. The number of rotatable bonds is 4. The first-order valence-electron chi connectivity index (χ1n) is 5.42. The highest BCUT2D eigenvalue weighted by molar-refractivity contribution is 5.88. The second kappa shape index (κ2) is 4.78. The zero-order valence-corrected chi connectivity index (χ0v) is 9.50. The normalized spacial score (nSPS) is 10.4. The van der Waals surface area contributed by atoms with Crippen molar-refractivity contribution in [2.24, 2.45) is 0 Å². The lowest BCUT2D eigenvalue weighted by atomic mass is 10.2. The molecule has 0 saturated carbocycles. The number of carboxylic acids is 1. The highest BCUT2D eigenvalue weighted by Crippen LogP contribution is 2.15. The minimum Gasteiger partial charge on any atom is -0.478 e. The summed E-state index contributed by atoms with van der Waals surface area (Å²) in [5, 5.41) is 8.89. The Balaban J connectivity index is 2.32. The molecular weight excluding hydrogens is 218 g/mol. The van der Waals surface area contributed by atoms with Crippen LogP contribution in [0.3, 0.4) is 0 Å². The van der Waals surface area contributed by atoms with Gasteiger partial charge in [0.05, 0.1) is 17.6 Å². The Kier molecular flexibility index (Phi) is 3.18. The van der Waals surface area contributed by atoms with E-state index in [9.17, 15) is 4.79 Å². The van der Waals surface area contributed by atoms with Crippen LogP contribution in [0.4, 0.5) is 0 Å². The zero-order valence-electron chi connectivity index (χ0n) is 9.50. The number of aryl methyl sites for hydroxylation is 1. The van der Waals surface area contributed by atoms with Crippen molar-refractivity contribution >= 4 is 5.97 Å². The molecule has 0 spiro atoms. The van der Waals surface area contributed by atoms with Gasteiger partial charge in [0, 0.05) is 18.9 Å². The summed E-state index contributed by atoms with van der Waals surface area (Å²) < 4.78 is 1.96. The fraction of sp³-hybridized carbons (Fsp3) is 0.250. The van der Waals surface area contributed by atoms with Crippen molar-refractivity contribution in [3.8, 4) is 11.4 Å². The molecule has 0 fully saturated rings. The first-order chi connectivity index (χ1) is 8.20. The minimum absolute atomic E-state index is 0.222. The van der Waals surface area contributed by atoms with Gasteiger partial charge in [0.15, 0.2) is 0 Å². The maximum atomic E-state index is 10.8. The van der Waals surface area contributed by atoms with Crippen LogP contribution in [0, 0.1) is 0 Å². The predicted octanol–water partition coefficient (Wildman–Crippen LogP) is 2.05. The Morgan fingerprint density at radius 3 is 2.94 bits per heavy atom. The molecule has 0 aromatic carbocycles. The average molecular weight is 231 g/mol. The van der Waals surface area contributed by atoms with Gasteiger partial charge in [-0.15, -0.1) is 0 Å². The van der Waals surface area contributed by atoms with E-state index in [1.165, 1.54) is 18.3 Å². The van der Waals surface area contributed by atoms with Crippen LogP contribution in [0.25, 0.3) is 11.4 Å². The maximum Gasteiger partial charge on any atom is 0.335 e. The first-order valence-corrected chi connectivity index (χ1v) is 5.42. The van der Waals surface area contributed by atoms with Crippen LogP contribution in [0.15, 0.2) is 30.9 Å². The number of carboxylic acid groups (broad SMARTS) is 1. The third kappa shape index (κ3) is 2.50. The van der Waals surface area contributed by atoms with Gasteiger partial charge in [-0.2, -0.15) is 0 Å². The summed E-state index contributed by atoms with van der Waals surface area (Å²) in [5.41, 5.74) is 1.50. The third-order valence-corrected chi connectivity index (χ3v) is 2.38. The van der Waals surface area contributed by atoms with Gasteiger partial charge in [0.25, 0.3) is 0 Å². The van der Waals surface area contributed by atoms with Crippen LogP contribution in [0.2, 0.25) is 0 Å². The summed E-state index contributed by atoms with van der Waals surface area (Å²) in [5.74, 6) is -0.957. The molecule has 88 valence electrons. The molecule has 2 aromatic rings. The second-order valence-corrected chi connectivity index (χ2v) is 3.73. The van der Waals surface area contributed by atoms with E-state index in [2.05, 4.69) is 16.9 Å². The number of carbonyl (C=O) groups is 1. The van der Waals surface area contributed by atoms with Crippen molar-refractivity contribution in [3.05, 3.63) is 36.4 Å². The fourth-order valence-electron chi connectivity index (χ4n) is 1.58. The molecule has 0 unspecified atom stereocenters. The van der Waals surface area contributed by atoms with Gasteiger partial charge in [-0.3, -0.25) is 4.98 Å². The summed E-state index contributed by atoms with van der Waals surface area (Å²) in [7, 11) is 0. The average Bonchev–Trinajstić information content (AvgIpc) is 2.78. The fourth-order valence-corrected chi connectivity index (χ4v) is 1.58. The van der Waals surface area contributed by atoms with E-state index < -0.39 is 5.97 Å². The molecule has 0 aliphatic rings. The number of imidazole rings is 1. The van der Waals surface area contributed by atoms with Crippen molar-refractivity contribution in [1.29, 1.82) is 0 Å². The van der Waals surface area contributed by atoms with Gasteiger partial charge >= 0.3 is 5.97 Å². The van der Waals surface area contributed by atoms with Crippen LogP contribution in [-0.4, -0.2) is 25.6 Å². The molecule has 2 heterocycles. The van der Waals surface area contributed by atoms with Crippen LogP contribution < -0.4 is 0 Å². The molecule has 0 atom stereocenters. The Morgan fingerprint density at radius 1 is 1.41 bits per heavy atom. The summed E-state index contributed by atoms with van der Waals surface area (Å²) in [6.45, 7) is 2.98. The zero-order chi connectivity index (χ0) is 12.3. The van der Waals surface area contributed by atoms with E-state index in [-0.39, 0.29) is 5.56 Å². The van der Waals surface area contributed by atoms with Crippen molar-refractivity contribution in [3.63, 3.8) is 0 Å². The van der Waals surface area contributed by atoms with Gasteiger partial charge in [0.2, 0.25) is 0 Å². The van der Waals surface area contributed by atoms with E-state index in [0.29, 0.717) is 11.4 Å². The Labute approximate surface area is 98.8 Å². The van der Waals surface area contributed by atoms with Crippen LogP contribution in [0.5, 0.6) is 0 Å². The van der Waals surface area contributed by atoms with E-state index in [1.807, 2.05) is 10.8 Å². The Hall–Kier alpha value is -2.17. The highest BCUT2D eigenvalue weighted by Gasteiger charge is 2.07. The van der Waals surface area contributed by atoms with Gasteiger partial charge in [-0.25, -0.2) is 9.78 Å². The van der Waals surface area contributed by atoms with E-state index in [0.717, 1.165) is 13.0 Å². The van der Waals surface area contributed by atoms with Crippen LogP contribution >= 0.6 is 0 Å². The lowest BCUT2D eigenvalue weighted by molar-refractivity contribution is 0.0697. The number of pyridine rings is 1. The van der Waals surface area contributed by atoms with Crippen LogP contribution in [-0.2, 0) is 6.54 Å². The Morgan fingerprint density at radius 2 is 2.24 bits per heavy atom. The molecule has 0 amide bonds. The van der Waals surface area contributed by atoms with Crippen LogP contribution in [0.1, 0.15) is 23.7 Å². The summed E-state index contributed by atoms with van der Waals surface area (Å²) in [4.78, 5) is 19.2. The quantitative estimate of drug-likeness (QED) is 0.874. The lowest BCUT2D eigenvalue weighted by Crippen LogP contribution is -1.97. The van der Waals surface area contributed by atoms with E-state index in [1.54, 1.807) is 6.33 Å². The summed E-state index contributed by atoms with van der Waals surface area (Å²) in [6, 6.07) is 3.00. The maximum absolute atomic E-state index is 10.8.